The lowest BCUT2D eigenvalue weighted by Gasteiger charge is -2.36. The van der Waals surface area contributed by atoms with Crippen LogP contribution in [0, 0.1) is 0 Å². The molecule has 1 aliphatic heterocycles. The summed E-state index contributed by atoms with van der Waals surface area (Å²) in [7, 11) is 0. The van der Waals surface area contributed by atoms with Crippen molar-refractivity contribution >= 4 is 16.5 Å². The van der Waals surface area contributed by atoms with Gasteiger partial charge in [0.15, 0.2) is 0 Å². The quantitative estimate of drug-likeness (QED) is 0.703. The van der Waals surface area contributed by atoms with Gasteiger partial charge in [0, 0.05) is 12.1 Å². The second-order valence-electron chi connectivity index (χ2n) is 7.39. The molecule has 0 unspecified atom stereocenters. The third-order valence-corrected chi connectivity index (χ3v) is 4.76. The zero-order valence-corrected chi connectivity index (χ0v) is 14.5. The van der Waals surface area contributed by atoms with Gasteiger partial charge in [-0.25, -0.2) is 0 Å². The minimum absolute atomic E-state index is 0.208. The summed E-state index contributed by atoms with van der Waals surface area (Å²) in [5.41, 5.74) is -5.32. The highest BCUT2D eigenvalue weighted by atomic mass is 19.4. The Balaban J connectivity index is 2.19. The van der Waals surface area contributed by atoms with E-state index >= 15 is 0 Å². The van der Waals surface area contributed by atoms with Crippen LogP contribution in [-0.2, 0) is 6.42 Å². The number of hydrogen-bond acceptors (Lipinski definition) is 2. The van der Waals surface area contributed by atoms with Crippen LogP contribution in [-0.4, -0.2) is 34.3 Å². The molecule has 0 saturated carbocycles. The first-order chi connectivity index (χ1) is 12.3. The smallest absolute Gasteiger partial charge is 0.373 e. The summed E-state index contributed by atoms with van der Waals surface area (Å²) in [4.78, 5) is 4.13. The van der Waals surface area contributed by atoms with E-state index < -0.39 is 35.6 Å². The van der Waals surface area contributed by atoms with Gasteiger partial charge in [-0.05, 0) is 42.2 Å². The zero-order chi connectivity index (χ0) is 20.3. The first-order valence-electron chi connectivity index (χ1n) is 8.21. The van der Waals surface area contributed by atoms with Crippen LogP contribution in [0.15, 0.2) is 41.4 Å². The molecule has 0 bridgehead atoms. The van der Waals surface area contributed by atoms with E-state index in [-0.39, 0.29) is 5.56 Å². The van der Waals surface area contributed by atoms with Crippen LogP contribution in [0.1, 0.15) is 31.4 Å². The van der Waals surface area contributed by atoms with Crippen molar-refractivity contribution in [1.29, 1.82) is 0 Å². The van der Waals surface area contributed by atoms with Crippen LogP contribution in [0.4, 0.5) is 26.3 Å². The molecule has 0 amide bonds. The van der Waals surface area contributed by atoms with Crippen LogP contribution >= 0.6 is 0 Å². The van der Waals surface area contributed by atoms with E-state index in [1.165, 1.54) is 6.07 Å². The molecule has 3 rings (SSSR count). The highest BCUT2D eigenvalue weighted by Gasteiger charge is 2.70. The standard InChI is InChI=1S/C19H17F6NO/c1-16(2)9-14-12-6-4-3-5-11(12)7-8-13(14)15(26-16)10-17(27,18(20,21)22)19(23,24)25/h3-8,27H,9-10H2,1-2H3. The fourth-order valence-electron chi connectivity index (χ4n) is 3.43. The van der Waals surface area contributed by atoms with E-state index in [4.69, 9.17) is 0 Å². The molecule has 0 radical (unpaired) electrons. The van der Waals surface area contributed by atoms with Gasteiger partial charge < -0.3 is 5.11 Å². The Morgan fingerprint density at radius 3 is 2.15 bits per heavy atom. The molecular weight excluding hydrogens is 372 g/mol. The van der Waals surface area contributed by atoms with Gasteiger partial charge >= 0.3 is 12.4 Å². The fourth-order valence-corrected chi connectivity index (χ4v) is 3.43. The fraction of sp³-hybridized carbons (Fsp3) is 0.421. The second-order valence-corrected chi connectivity index (χ2v) is 7.39. The number of aliphatic hydroxyl groups is 1. The number of benzene rings is 2. The number of aliphatic imine (C=N–C) groups is 1. The van der Waals surface area contributed by atoms with Crippen molar-refractivity contribution in [1.82, 2.24) is 0 Å². The van der Waals surface area contributed by atoms with E-state index in [0.29, 0.717) is 12.0 Å². The van der Waals surface area contributed by atoms with Crippen LogP contribution in [0.2, 0.25) is 0 Å². The normalized spacial score (nSPS) is 17.6. The van der Waals surface area contributed by atoms with E-state index in [9.17, 15) is 31.4 Å². The highest BCUT2D eigenvalue weighted by molar-refractivity contribution is 6.07. The van der Waals surface area contributed by atoms with Crippen LogP contribution < -0.4 is 0 Å². The Kier molecular flexibility index (Phi) is 4.34. The van der Waals surface area contributed by atoms with Gasteiger partial charge in [0.05, 0.1) is 5.54 Å². The maximum Gasteiger partial charge on any atom is 0.426 e. The maximum absolute atomic E-state index is 13.2. The van der Waals surface area contributed by atoms with Crippen molar-refractivity contribution in [3.05, 3.63) is 47.5 Å². The van der Waals surface area contributed by atoms with Gasteiger partial charge in [-0.3, -0.25) is 4.99 Å². The predicted octanol–water partition coefficient (Wildman–Crippen LogP) is 5.21. The van der Waals surface area contributed by atoms with E-state index in [1.807, 2.05) is 6.07 Å². The molecule has 0 saturated heterocycles. The topological polar surface area (TPSA) is 32.6 Å². The highest BCUT2D eigenvalue weighted by Crippen LogP contribution is 2.47. The average Bonchev–Trinajstić information content (AvgIpc) is 2.51. The lowest BCUT2D eigenvalue weighted by Crippen LogP contribution is -2.58. The minimum Gasteiger partial charge on any atom is -0.373 e. The number of hydrogen-bond donors (Lipinski definition) is 1. The molecule has 2 aromatic carbocycles. The number of rotatable bonds is 2. The van der Waals surface area contributed by atoms with Gasteiger partial charge in [-0.15, -0.1) is 0 Å². The molecule has 1 N–H and O–H groups in total. The first-order valence-corrected chi connectivity index (χ1v) is 8.21. The van der Waals surface area contributed by atoms with Crippen molar-refractivity contribution in [2.24, 2.45) is 4.99 Å². The number of nitrogens with zero attached hydrogens (tertiary/aromatic N) is 1. The molecule has 0 aliphatic carbocycles. The summed E-state index contributed by atoms with van der Waals surface area (Å²) in [6, 6.07) is 10.2. The molecule has 2 nitrogen and oxygen atoms in total. The van der Waals surface area contributed by atoms with Crippen LogP contribution in [0.25, 0.3) is 10.8 Å². The summed E-state index contributed by atoms with van der Waals surface area (Å²) in [6.07, 6.45) is -13.1. The molecule has 8 heteroatoms. The number of fused-ring (bicyclic) bond motifs is 3. The number of alkyl halides is 6. The monoisotopic (exact) mass is 389 g/mol. The van der Waals surface area contributed by atoms with E-state index in [0.717, 1.165) is 10.8 Å². The zero-order valence-electron chi connectivity index (χ0n) is 14.5. The predicted molar refractivity (Wildman–Crippen MR) is 89.9 cm³/mol. The second kappa shape index (κ2) is 5.95. The molecule has 0 atom stereocenters. The van der Waals surface area contributed by atoms with Gasteiger partial charge in [0.1, 0.15) is 0 Å². The molecule has 1 heterocycles. The first kappa shape index (κ1) is 19.7. The van der Waals surface area contributed by atoms with Crippen molar-refractivity contribution < 1.29 is 31.4 Å². The Morgan fingerprint density at radius 1 is 0.963 bits per heavy atom. The minimum atomic E-state index is -5.88. The van der Waals surface area contributed by atoms with E-state index in [1.54, 1.807) is 38.1 Å². The summed E-state index contributed by atoms with van der Waals surface area (Å²) < 4.78 is 78.9. The van der Waals surface area contributed by atoms with Gasteiger partial charge in [-0.2, -0.15) is 26.3 Å². The molecule has 1 aliphatic rings. The summed E-state index contributed by atoms with van der Waals surface area (Å²) in [5, 5.41) is 11.2. The molecule has 27 heavy (non-hydrogen) atoms. The third kappa shape index (κ3) is 3.31. The van der Waals surface area contributed by atoms with Crippen LogP contribution in [0.3, 0.4) is 0 Å². The Bertz CT molecular complexity index is 897. The molecule has 2 aromatic rings. The number of halogens is 6. The molecular formula is C19H17F6NO. The Labute approximate surface area is 151 Å². The van der Waals surface area contributed by atoms with Gasteiger partial charge in [0.25, 0.3) is 5.60 Å². The lowest BCUT2D eigenvalue weighted by molar-refractivity contribution is -0.365. The van der Waals surface area contributed by atoms with Gasteiger partial charge in [-0.1, -0.05) is 36.4 Å². The Morgan fingerprint density at radius 2 is 1.56 bits per heavy atom. The van der Waals surface area contributed by atoms with Crippen molar-refractivity contribution in [3.63, 3.8) is 0 Å². The maximum atomic E-state index is 13.2. The third-order valence-electron chi connectivity index (χ3n) is 4.76. The van der Waals surface area contributed by atoms with Crippen molar-refractivity contribution in [2.75, 3.05) is 0 Å². The van der Waals surface area contributed by atoms with Gasteiger partial charge in [0.2, 0.25) is 0 Å². The largest absolute Gasteiger partial charge is 0.426 e. The summed E-state index contributed by atoms with van der Waals surface area (Å²) >= 11 is 0. The van der Waals surface area contributed by atoms with Crippen molar-refractivity contribution in [3.8, 4) is 0 Å². The SMILES string of the molecule is CC1(C)Cc2c(ccc3ccccc23)C(CC(O)(C(F)(F)F)C(F)(F)F)=N1. The van der Waals surface area contributed by atoms with Crippen LogP contribution in [0.5, 0.6) is 0 Å². The van der Waals surface area contributed by atoms with Crippen molar-refractivity contribution in [2.45, 2.75) is 50.2 Å². The lowest BCUT2D eigenvalue weighted by atomic mass is 9.81. The molecule has 0 fully saturated rings. The summed E-state index contributed by atoms with van der Waals surface area (Å²) in [6.45, 7) is 3.27. The molecule has 146 valence electrons. The average molecular weight is 389 g/mol. The Hall–Kier alpha value is -2.09. The summed E-state index contributed by atoms with van der Waals surface area (Å²) in [5.74, 6) is 0. The van der Waals surface area contributed by atoms with E-state index in [2.05, 4.69) is 4.99 Å². The molecule has 0 aromatic heterocycles. The molecule has 0 spiro atoms.